The molecule has 0 N–H and O–H groups in total. The van der Waals surface area contributed by atoms with Crippen LogP contribution in [0.4, 0.5) is 0 Å². The maximum absolute atomic E-state index is 12.8. The Balaban J connectivity index is 2.67. The van der Waals surface area contributed by atoms with Crippen molar-refractivity contribution in [2.75, 3.05) is 0 Å². The van der Waals surface area contributed by atoms with E-state index in [2.05, 4.69) is 10.3 Å². The number of rotatable bonds is 3. The van der Waals surface area contributed by atoms with Crippen molar-refractivity contribution >= 4 is 9.84 Å². The Morgan fingerprint density at radius 2 is 1.75 bits per heavy atom. The summed E-state index contributed by atoms with van der Waals surface area (Å²) in [6.45, 7) is 4.26. The van der Waals surface area contributed by atoms with E-state index < -0.39 is 25.3 Å². The smallest absolute Gasteiger partial charge is 0.257 e. The van der Waals surface area contributed by atoms with E-state index in [1.807, 2.05) is 0 Å². The van der Waals surface area contributed by atoms with E-state index in [1.54, 1.807) is 18.2 Å². The number of nitrogens with zero attached hydrogens (tertiary/aromatic N) is 4. The van der Waals surface area contributed by atoms with E-state index in [0.717, 1.165) is 0 Å². The lowest BCUT2D eigenvalue weighted by Crippen LogP contribution is -2.60. The first-order valence-corrected chi connectivity index (χ1v) is 7.30. The topological polar surface area (TPSA) is 105 Å². The first-order chi connectivity index (χ1) is 9.14. The first-order valence-electron chi connectivity index (χ1n) is 5.81. The van der Waals surface area contributed by atoms with Crippen molar-refractivity contribution in [1.82, 2.24) is 5.12 Å². The summed E-state index contributed by atoms with van der Waals surface area (Å²) >= 11 is 0. The fourth-order valence-corrected chi connectivity index (χ4v) is 4.02. The van der Waals surface area contributed by atoms with Gasteiger partial charge in [0.25, 0.3) is 4.87 Å². The largest absolute Gasteiger partial charge is 0.339 e. The molecule has 20 heavy (non-hydrogen) atoms. The van der Waals surface area contributed by atoms with E-state index in [0.29, 0.717) is 5.12 Å². The van der Waals surface area contributed by atoms with Gasteiger partial charge in [0.1, 0.15) is 5.54 Å². The minimum atomic E-state index is -4.04. The SMILES string of the molecule is CC1(C)N=NN([N+](=O)[O-])C1(C)S(=O)(=O)c1ccccc1. The molecule has 0 amide bonds. The lowest BCUT2D eigenvalue weighted by Gasteiger charge is -2.33. The summed E-state index contributed by atoms with van der Waals surface area (Å²) in [5.41, 5.74) is -1.26. The van der Waals surface area contributed by atoms with Gasteiger partial charge in [0.05, 0.1) is 9.93 Å². The highest BCUT2D eigenvalue weighted by atomic mass is 32.2. The van der Waals surface area contributed by atoms with Gasteiger partial charge in [-0.05, 0) is 38.0 Å². The number of benzene rings is 1. The molecule has 1 aromatic carbocycles. The monoisotopic (exact) mass is 298 g/mol. The summed E-state index contributed by atoms with van der Waals surface area (Å²) in [6.07, 6.45) is 0. The molecule has 0 bridgehead atoms. The summed E-state index contributed by atoms with van der Waals surface area (Å²) in [6, 6.07) is 7.58. The van der Waals surface area contributed by atoms with Gasteiger partial charge in [0.15, 0.2) is 5.22 Å². The highest BCUT2D eigenvalue weighted by molar-refractivity contribution is 7.92. The molecule has 2 rings (SSSR count). The Kier molecular flexibility index (Phi) is 3.04. The van der Waals surface area contributed by atoms with Crippen molar-refractivity contribution in [3.63, 3.8) is 0 Å². The van der Waals surface area contributed by atoms with Crippen LogP contribution in [-0.4, -0.2) is 29.0 Å². The Bertz CT molecular complexity index is 671. The lowest BCUT2D eigenvalue weighted by atomic mass is 9.97. The summed E-state index contributed by atoms with van der Waals surface area (Å²) in [7, 11) is -4.04. The van der Waals surface area contributed by atoms with Crippen LogP contribution in [0.3, 0.4) is 0 Å². The number of hydrogen-bond donors (Lipinski definition) is 0. The third kappa shape index (κ3) is 1.69. The second kappa shape index (κ2) is 4.23. The number of sulfone groups is 1. The van der Waals surface area contributed by atoms with Gasteiger partial charge in [-0.15, -0.1) is 0 Å². The third-order valence-electron chi connectivity index (χ3n) is 3.63. The molecule has 0 radical (unpaired) electrons. The van der Waals surface area contributed by atoms with E-state index in [-0.39, 0.29) is 4.90 Å². The minimum Gasteiger partial charge on any atom is -0.339 e. The fourth-order valence-electron chi connectivity index (χ4n) is 2.03. The average Bonchev–Trinajstić information content (AvgIpc) is 2.63. The second-order valence-corrected chi connectivity index (χ2v) is 7.35. The van der Waals surface area contributed by atoms with Gasteiger partial charge in [-0.3, -0.25) is 0 Å². The molecule has 8 nitrogen and oxygen atoms in total. The maximum Gasteiger partial charge on any atom is 0.257 e. The van der Waals surface area contributed by atoms with Crippen molar-refractivity contribution in [1.29, 1.82) is 0 Å². The van der Waals surface area contributed by atoms with E-state index in [1.165, 1.54) is 32.9 Å². The number of hydrazine groups is 1. The molecule has 9 heteroatoms. The van der Waals surface area contributed by atoms with Crippen molar-refractivity contribution in [3.05, 3.63) is 40.4 Å². The molecule has 0 aliphatic carbocycles. The first kappa shape index (κ1) is 14.4. The van der Waals surface area contributed by atoms with Crippen LogP contribution in [-0.2, 0) is 9.84 Å². The Morgan fingerprint density at radius 1 is 1.20 bits per heavy atom. The number of nitro groups is 1. The Hall–Kier alpha value is -2.03. The summed E-state index contributed by atoms with van der Waals surface area (Å²) < 4.78 is 25.6. The molecule has 1 aromatic rings. The second-order valence-electron chi connectivity index (χ2n) is 5.08. The minimum absolute atomic E-state index is 0.00488. The fraction of sp³-hybridized carbons (Fsp3) is 0.455. The zero-order valence-corrected chi connectivity index (χ0v) is 12.0. The molecule has 1 aliphatic heterocycles. The summed E-state index contributed by atoms with van der Waals surface area (Å²) in [5.74, 6) is 0. The van der Waals surface area contributed by atoms with Crippen LogP contribution in [0.1, 0.15) is 20.8 Å². The summed E-state index contributed by atoms with van der Waals surface area (Å²) in [4.78, 5) is 9.19. The maximum atomic E-state index is 12.8. The van der Waals surface area contributed by atoms with E-state index >= 15 is 0 Å². The zero-order chi connectivity index (χ0) is 15.2. The highest BCUT2D eigenvalue weighted by Crippen LogP contribution is 2.44. The molecule has 1 aliphatic rings. The van der Waals surface area contributed by atoms with Crippen molar-refractivity contribution in [2.45, 2.75) is 36.1 Å². The molecule has 108 valence electrons. The zero-order valence-electron chi connectivity index (χ0n) is 11.2. The standard InChI is InChI=1S/C11H14N4O4S/c1-10(2)11(3,14(13-12-10)15(16)17)20(18,19)9-7-5-4-6-8-9/h4-8H,1-3H3. The Labute approximate surface area is 116 Å². The van der Waals surface area contributed by atoms with Crippen LogP contribution < -0.4 is 0 Å². The predicted octanol–water partition coefficient (Wildman–Crippen LogP) is 1.83. The summed E-state index contributed by atoms with van der Waals surface area (Å²) in [5, 5.41) is 17.7. The molecular formula is C11H14N4O4S. The van der Waals surface area contributed by atoms with Crippen LogP contribution in [0, 0.1) is 10.1 Å². The average molecular weight is 298 g/mol. The Morgan fingerprint density at radius 3 is 2.25 bits per heavy atom. The van der Waals surface area contributed by atoms with Crippen molar-refractivity contribution in [3.8, 4) is 0 Å². The van der Waals surface area contributed by atoms with Crippen molar-refractivity contribution in [2.24, 2.45) is 10.3 Å². The molecule has 0 fully saturated rings. The van der Waals surface area contributed by atoms with E-state index in [4.69, 9.17) is 0 Å². The van der Waals surface area contributed by atoms with Gasteiger partial charge in [-0.1, -0.05) is 18.2 Å². The van der Waals surface area contributed by atoms with Crippen LogP contribution in [0.15, 0.2) is 45.6 Å². The van der Waals surface area contributed by atoms with Gasteiger partial charge in [-0.25, -0.2) is 8.42 Å². The molecule has 1 unspecified atom stereocenters. The van der Waals surface area contributed by atoms with Gasteiger partial charge in [-0.2, -0.15) is 0 Å². The van der Waals surface area contributed by atoms with Gasteiger partial charge >= 0.3 is 0 Å². The molecule has 0 saturated heterocycles. The van der Waals surface area contributed by atoms with Crippen LogP contribution in [0.25, 0.3) is 0 Å². The van der Waals surface area contributed by atoms with Crippen LogP contribution in [0.5, 0.6) is 0 Å². The molecule has 0 saturated carbocycles. The van der Waals surface area contributed by atoms with Gasteiger partial charge in [0, 0.05) is 5.12 Å². The molecule has 1 heterocycles. The van der Waals surface area contributed by atoms with Crippen LogP contribution in [0.2, 0.25) is 0 Å². The van der Waals surface area contributed by atoms with Gasteiger partial charge in [0.2, 0.25) is 9.84 Å². The predicted molar refractivity (Wildman–Crippen MR) is 69.8 cm³/mol. The quantitative estimate of drug-likeness (QED) is 0.625. The lowest BCUT2D eigenvalue weighted by molar-refractivity contribution is -0.668. The molecular weight excluding hydrogens is 284 g/mol. The number of hydrogen-bond acceptors (Lipinski definition) is 6. The van der Waals surface area contributed by atoms with Gasteiger partial charge < -0.3 is 10.1 Å². The molecule has 0 aromatic heterocycles. The van der Waals surface area contributed by atoms with E-state index in [9.17, 15) is 18.5 Å². The molecule has 0 spiro atoms. The molecule has 1 atom stereocenters. The third-order valence-corrected chi connectivity index (χ3v) is 6.23. The normalized spacial score (nSPS) is 24.9. The highest BCUT2D eigenvalue weighted by Gasteiger charge is 2.67. The van der Waals surface area contributed by atoms with Crippen molar-refractivity contribution < 1.29 is 13.5 Å². The van der Waals surface area contributed by atoms with Crippen LogP contribution >= 0.6 is 0 Å².